The minimum Gasteiger partial charge on any atom is -0.349 e. The van der Waals surface area contributed by atoms with Crippen molar-refractivity contribution in [3.05, 3.63) is 35.4 Å². The molecular weight excluding hydrogens is 180 g/mol. The van der Waals surface area contributed by atoms with Gasteiger partial charge in [0.05, 0.1) is 0 Å². The molecule has 0 bridgehead atoms. The number of hydrogen-bond donors (Lipinski definition) is 0. The van der Waals surface area contributed by atoms with E-state index >= 15 is 0 Å². The smallest absolute Gasteiger partial charge is 0.198 e. The molecule has 0 N–H and O–H groups in total. The fourth-order valence-electron chi connectivity index (χ4n) is 1.80. The molecule has 3 nitrogen and oxygen atoms in total. The molecule has 0 unspecified atom stereocenters. The van der Waals surface area contributed by atoms with E-state index in [4.69, 9.17) is 8.85 Å². The lowest BCUT2D eigenvalue weighted by Crippen LogP contribution is -2.34. The Labute approximate surface area is 84.9 Å². The number of epoxide rings is 1. The maximum atomic E-state index is 12.1. The Balaban J connectivity index is 2.21. The summed E-state index contributed by atoms with van der Waals surface area (Å²) in [6, 6.07) is 6.20. The number of benzene rings is 1. The monoisotopic (exact) mass is 191 g/mol. The number of fused-ring (bicyclic) bond motifs is 2. The number of ether oxygens (including phenoxy) is 1. The van der Waals surface area contributed by atoms with Gasteiger partial charge < -0.3 is 4.74 Å². The van der Waals surface area contributed by atoms with E-state index in [0.29, 0.717) is 0 Å². The van der Waals surface area contributed by atoms with Crippen LogP contribution in [0.5, 0.6) is 0 Å². The van der Waals surface area contributed by atoms with Crippen molar-refractivity contribution in [2.24, 2.45) is 0 Å². The normalized spacial score (nSPS) is 37.7. The summed E-state index contributed by atoms with van der Waals surface area (Å²) in [6.07, 6.45) is -1.14. The zero-order valence-electron chi connectivity index (χ0n) is 10.1. The van der Waals surface area contributed by atoms with Gasteiger partial charge in [-0.15, -0.1) is 0 Å². The van der Waals surface area contributed by atoms with Crippen LogP contribution in [0.3, 0.4) is 0 Å². The first-order valence-electron chi connectivity index (χ1n) is 5.75. The molecule has 14 heavy (non-hydrogen) atoms. The predicted molar refractivity (Wildman–Crippen MR) is 48.4 cm³/mol. The quantitative estimate of drug-likeness (QED) is 0.579. The van der Waals surface area contributed by atoms with E-state index in [1.807, 2.05) is 0 Å². The minimum atomic E-state index is -2.61. The highest BCUT2D eigenvalue weighted by Gasteiger charge is 2.65. The molecule has 2 aliphatic rings. The van der Waals surface area contributed by atoms with Gasteiger partial charge in [0, 0.05) is 15.2 Å². The average molecular weight is 191 g/mol. The second-order valence-electron chi connectivity index (χ2n) is 3.47. The Morgan fingerprint density at radius 1 is 1.36 bits per heavy atom. The molecule has 1 heterocycles. The van der Waals surface area contributed by atoms with Crippen molar-refractivity contribution >= 4 is 11.6 Å². The number of Topliss-reactive ketones (excluding diaryl/α,β-unsaturated/α-hetero) is 2. The zero-order chi connectivity index (χ0) is 12.4. The van der Waals surface area contributed by atoms with Crippen LogP contribution in [0.15, 0.2) is 24.3 Å². The second kappa shape index (κ2) is 2.12. The summed E-state index contributed by atoms with van der Waals surface area (Å²) in [5.41, 5.74) is -1.54. The Morgan fingerprint density at radius 3 is 2.79 bits per heavy atom. The Hall–Kier alpha value is -1.48. The molecule has 1 aromatic carbocycles. The zero-order valence-corrected chi connectivity index (χ0v) is 7.11. The second-order valence-corrected chi connectivity index (χ2v) is 3.47. The van der Waals surface area contributed by atoms with Crippen molar-refractivity contribution < 1.29 is 18.4 Å². The third-order valence-corrected chi connectivity index (χ3v) is 2.63. The van der Waals surface area contributed by atoms with Crippen LogP contribution in [0.4, 0.5) is 0 Å². The van der Waals surface area contributed by atoms with Crippen molar-refractivity contribution in [2.75, 3.05) is 0 Å². The van der Waals surface area contributed by atoms with Gasteiger partial charge in [-0.2, -0.15) is 0 Å². The molecule has 2 atom stereocenters. The summed E-state index contributed by atoms with van der Waals surface area (Å²) >= 11 is 0. The number of carbonyl (C=O) groups excluding carboxylic acids is 2. The number of carbonyl (C=O) groups is 2. The third kappa shape index (κ3) is 0.715. The summed E-state index contributed by atoms with van der Waals surface area (Å²) < 4.78 is 27.1. The van der Waals surface area contributed by atoms with Crippen molar-refractivity contribution in [3.63, 3.8) is 0 Å². The van der Waals surface area contributed by atoms with E-state index in [1.165, 1.54) is 12.1 Å². The molecule has 70 valence electrons. The molecule has 0 saturated carbocycles. The van der Waals surface area contributed by atoms with Crippen LogP contribution in [0.25, 0.3) is 0 Å². The van der Waals surface area contributed by atoms with Crippen LogP contribution >= 0.6 is 0 Å². The van der Waals surface area contributed by atoms with Crippen LogP contribution in [-0.4, -0.2) is 23.3 Å². The van der Waals surface area contributed by atoms with Crippen LogP contribution in [0, 0.1) is 0 Å². The van der Waals surface area contributed by atoms with E-state index < -0.39 is 30.1 Å². The summed E-state index contributed by atoms with van der Waals surface area (Å²) in [5, 5.41) is 0. The highest BCUT2D eigenvalue weighted by molar-refractivity contribution is 6.22. The van der Waals surface area contributed by atoms with Crippen LogP contribution in [-0.2, 0) is 4.74 Å². The van der Waals surface area contributed by atoms with Gasteiger partial charge in [0.2, 0.25) is 0 Å². The first-order chi connectivity index (χ1) is 7.89. The molecule has 1 saturated heterocycles. The summed E-state index contributed by atoms with van der Waals surface area (Å²) in [4.78, 5) is 24.1. The molecule has 0 radical (unpaired) electrons. The molecule has 0 aromatic heterocycles. The molecule has 1 aromatic rings. The molecule has 1 aliphatic carbocycles. The highest BCUT2D eigenvalue weighted by atomic mass is 16.6. The van der Waals surface area contributed by atoms with E-state index in [2.05, 4.69) is 0 Å². The molecule has 3 heteroatoms. The summed E-state index contributed by atoms with van der Waals surface area (Å²) in [7, 11) is 0. The molecular formula is C11H8O3. The van der Waals surface area contributed by atoms with Gasteiger partial charge in [0.15, 0.2) is 23.3 Å². The first kappa shape index (κ1) is 5.41. The summed E-state index contributed by atoms with van der Waals surface area (Å²) in [5.74, 6) is -1.03. The highest BCUT2D eigenvalue weighted by Crippen LogP contribution is 2.45. The van der Waals surface area contributed by atoms with Crippen LogP contribution < -0.4 is 0 Å². The van der Waals surface area contributed by atoms with Gasteiger partial charge in [-0.1, -0.05) is 24.3 Å². The van der Waals surface area contributed by atoms with Crippen molar-refractivity contribution in [1.82, 2.24) is 0 Å². The Kier molecular flexibility index (Phi) is 0.820. The minimum absolute atomic E-state index is 0.141. The van der Waals surface area contributed by atoms with Gasteiger partial charge >= 0.3 is 0 Å². The van der Waals surface area contributed by atoms with E-state index in [1.54, 1.807) is 12.1 Å². The fraction of sp³-hybridized carbons (Fsp3) is 0.273. The Morgan fingerprint density at radius 2 is 2.07 bits per heavy atom. The van der Waals surface area contributed by atoms with Gasteiger partial charge in [-0.05, 0) is 6.85 Å². The standard InChI is InChI=1S/C11H8O3/c1-11-9(13)7-5-3-2-4-6(7)8(12)10(11)14-11/h2-5,10H,1H3/t10-,11+/m0/s1/i1D3. The number of hydrogen-bond acceptors (Lipinski definition) is 3. The van der Waals surface area contributed by atoms with Gasteiger partial charge in [0.1, 0.15) is 0 Å². The SMILES string of the molecule is [2H]C([2H])([2H])[C@]12O[C@H]1C(=O)c1ccccc1C2=O. The van der Waals surface area contributed by atoms with Crippen molar-refractivity contribution in [3.8, 4) is 0 Å². The third-order valence-electron chi connectivity index (χ3n) is 2.63. The van der Waals surface area contributed by atoms with Gasteiger partial charge in [-0.25, -0.2) is 0 Å². The predicted octanol–water partition coefficient (Wildman–Crippen LogP) is 1.22. The number of ketones is 2. The first-order valence-corrected chi connectivity index (χ1v) is 4.25. The van der Waals surface area contributed by atoms with Crippen LogP contribution in [0.1, 0.15) is 31.7 Å². The largest absolute Gasteiger partial charge is 0.349 e. The van der Waals surface area contributed by atoms with E-state index in [-0.39, 0.29) is 11.1 Å². The fourth-order valence-corrected chi connectivity index (χ4v) is 1.80. The topological polar surface area (TPSA) is 46.7 Å². The maximum absolute atomic E-state index is 12.1. The lowest BCUT2D eigenvalue weighted by molar-refractivity contribution is 0.0874. The number of rotatable bonds is 0. The van der Waals surface area contributed by atoms with Gasteiger partial charge in [0.25, 0.3) is 0 Å². The molecule has 1 aliphatic heterocycles. The van der Waals surface area contributed by atoms with E-state index in [0.717, 1.165) is 0 Å². The van der Waals surface area contributed by atoms with Crippen LogP contribution in [0.2, 0.25) is 0 Å². The van der Waals surface area contributed by atoms with Gasteiger partial charge in [-0.3, -0.25) is 9.59 Å². The van der Waals surface area contributed by atoms with E-state index in [9.17, 15) is 9.59 Å². The average Bonchev–Trinajstić information content (AvgIpc) is 3.02. The van der Waals surface area contributed by atoms with Crippen molar-refractivity contribution in [2.45, 2.75) is 18.6 Å². The van der Waals surface area contributed by atoms with Crippen molar-refractivity contribution in [1.29, 1.82) is 0 Å². The molecule has 3 rings (SSSR count). The Bertz CT molecular complexity index is 549. The lowest BCUT2D eigenvalue weighted by atomic mass is 9.83. The molecule has 0 amide bonds. The maximum Gasteiger partial charge on any atom is 0.198 e. The summed E-state index contributed by atoms with van der Waals surface area (Å²) in [6.45, 7) is -2.61. The lowest BCUT2D eigenvalue weighted by Gasteiger charge is -2.14. The molecule has 0 spiro atoms. The molecule has 1 fully saturated rings.